The van der Waals surface area contributed by atoms with Crippen molar-refractivity contribution in [1.82, 2.24) is 4.90 Å². The molecule has 2 aromatic carbocycles. The number of benzene rings is 2. The fourth-order valence-corrected chi connectivity index (χ4v) is 4.82. The van der Waals surface area contributed by atoms with E-state index in [2.05, 4.69) is 41.8 Å². The van der Waals surface area contributed by atoms with Crippen LogP contribution in [0.15, 0.2) is 67.3 Å². The Labute approximate surface area is 173 Å². The van der Waals surface area contributed by atoms with Crippen LogP contribution in [0.5, 0.6) is 0 Å². The highest BCUT2D eigenvalue weighted by Crippen LogP contribution is 2.39. The molecule has 3 unspecified atom stereocenters. The minimum atomic E-state index is -0.0646. The molecule has 4 heteroatoms. The lowest BCUT2D eigenvalue weighted by atomic mass is 9.97. The summed E-state index contributed by atoms with van der Waals surface area (Å²) >= 11 is 6.26. The van der Waals surface area contributed by atoms with E-state index in [0.717, 1.165) is 30.0 Å². The Morgan fingerprint density at radius 1 is 1.04 bits per heavy atom. The van der Waals surface area contributed by atoms with Gasteiger partial charge in [0, 0.05) is 23.7 Å². The molecule has 4 rings (SSSR count). The first kappa shape index (κ1) is 20.4. The molecular formula is C23H27Cl2NO. The number of rotatable bonds is 6. The lowest BCUT2D eigenvalue weighted by Gasteiger charge is -2.39. The zero-order valence-electron chi connectivity index (χ0n) is 15.5. The van der Waals surface area contributed by atoms with Gasteiger partial charge in [-0.2, -0.15) is 0 Å². The van der Waals surface area contributed by atoms with Crippen LogP contribution in [0.4, 0.5) is 0 Å². The van der Waals surface area contributed by atoms with Crippen molar-refractivity contribution >= 4 is 24.0 Å². The highest BCUT2D eigenvalue weighted by atomic mass is 35.5. The molecule has 2 aliphatic heterocycles. The summed E-state index contributed by atoms with van der Waals surface area (Å²) in [5.74, 6) is 0. The predicted molar refractivity (Wildman–Crippen MR) is 115 cm³/mol. The van der Waals surface area contributed by atoms with Crippen LogP contribution in [0.2, 0.25) is 5.02 Å². The quantitative estimate of drug-likeness (QED) is 0.544. The van der Waals surface area contributed by atoms with Gasteiger partial charge in [0.05, 0.1) is 6.10 Å². The number of nitrogens with zero attached hydrogens (tertiary/aromatic N) is 1. The molecule has 2 aromatic rings. The van der Waals surface area contributed by atoms with Crippen molar-refractivity contribution in [3.8, 4) is 0 Å². The van der Waals surface area contributed by atoms with Crippen LogP contribution in [0.3, 0.4) is 0 Å². The summed E-state index contributed by atoms with van der Waals surface area (Å²) in [7, 11) is 0. The fourth-order valence-electron chi connectivity index (χ4n) is 4.62. The van der Waals surface area contributed by atoms with Gasteiger partial charge in [0.25, 0.3) is 0 Å². The normalized spacial score (nSPS) is 25.6. The van der Waals surface area contributed by atoms with Crippen LogP contribution < -0.4 is 0 Å². The third-order valence-electron chi connectivity index (χ3n) is 5.76. The number of hydrogen-bond donors (Lipinski definition) is 0. The molecular weight excluding hydrogens is 377 g/mol. The molecule has 2 fully saturated rings. The second-order valence-corrected chi connectivity index (χ2v) is 7.88. The lowest BCUT2D eigenvalue weighted by molar-refractivity contribution is -0.0457. The SMILES string of the molecule is C=CCN1C2CCC1CC(OC(c1ccccc1)c1cccc(Cl)c1)C2.Cl. The van der Waals surface area contributed by atoms with Gasteiger partial charge in [-0.3, -0.25) is 4.90 Å². The minimum Gasteiger partial charge on any atom is -0.365 e. The van der Waals surface area contributed by atoms with Gasteiger partial charge in [-0.1, -0.05) is 60.1 Å². The van der Waals surface area contributed by atoms with Gasteiger partial charge >= 0.3 is 0 Å². The first-order valence-electron chi connectivity index (χ1n) is 9.57. The number of ether oxygens (including phenoxy) is 1. The van der Waals surface area contributed by atoms with E-state index in [1.165, 1.54) is 18.4 Å². The van der Waals surface area contributed by atoms with Gasteiger partial charge in [0.1, 0.15) is 6.10 Å². The van der Waals surface area contributed by atoms with E-state index in [1.54, 1.807) is 0 Å². The zero-order valence-corrected chi connectivity index (χ0v) is 17.0. The van der Waals surface area contributed by atoms with E-state index in [0.29, 0.717) is 12.1 Å². The Bertz CT molecular complexity index is 737. The molecule has 3 atom stereocenters. The smallest absolute Gasteiger partial charge is 0.108 e. The maximum Gasteiger partial charge on any atom is 0.108 e. The van der Waals surface area contributed by atoms with Crippen LogP contribution in [-0.2, 0) is 4.74 Å². The lowest BCUT2D eigenvalue weighted by Crippen LogP contribution is -2.45. The molecule has 27 heavy (non-hydrogen) atoms. The topological polar surface area (TPSA) is 12.5 Å². The molecule has 2 heterocycles. The highest BCUT2D eigenvalue weighted by Gasteiger charge is 2.41. The third kappa shape index (κ3) is 4.57. The number of halogens is 2. The Hall–Kier alpha value is -1.32. The summed E-state index contributed by atoms with van der Waals surface area (Å²) in [6, 6.07) is 19.8. The number of hydrogen-bond acceptors (Lipinski definition) is 2. The Kier molecular flexibility index (Phi) is 6.99. The molecule has 0 N–H and O–H groups in total. The molecule has 2 aliphatic rings. The van der Waals surface area contributed by atoms with Gasteiger partial charge in [-0.25, -0.2) is 0 Å². The van der Waals surface area contributed by atoms with Crippen LogP contribution in [-0.4, -0.2) is 29.6 Å². The largest absolute Gasteiger partial charge is 0.365 e. The van der Waals surface area contributed by atoms with Crippen molar-refractivity contribution in [3.63, 3.8) is 0 Å². The predicted octanol–water partition coefficient (Wildman–Crippen LogP) is 6.05. The van der Waals surface area contributed by atoms with Gasteiger partial charge in [0.2, 0.25) is 0 Å². The average molecular weight is 404 g/mol. The molecule has 0 aliphatic carbocycles. The Morgan fingerprint density at radius 2 is 1.70 bits per heavy atom. The molecule has 0 radical (unpaired) electrons. The Balaban J connectivity index is 0.00000210. The molecule has 2 saturated heterocycles. The van der Waals surface area contributed by atoms with E-state index in [1.807, 2.05) is 30.3 Å². The zero-order chi connectivity index (χ0) is 17.9. The van der Waals surface area contributed by atoms with Crippen molar-refractivity contribution in [1.29, 1.82) is 0 Å². The number of piperidine rings is 1. The van der Waals surface area contributed by atoms with E-state index >= 15 is 0 Å². The monoisotopic (exact) mass is 403 g/mol. The van der Waals surface area contributed by atoms with Crippen molar-refractivity contribution in [2.45, 2.75) is 50.0 Å². The molecule has 0 spiro atoms. The van der Waals surface area contributed by atoms with E-state index in [9.17, 15) is 0 Å². The minimum absolute atomic E-state index is 0. The summed E-state index contributed by atoms with van der Waals surface area (Å²) in [4.78, 5) is 2.61. The van der Waals surface area contributed by atoms with Crippen LogP contribution in [0, 0.1) is 0 Å². The van der Waals surface area contributed by atoms with Gasteiger partial charge < -0.3 is 4.74 Å². The second-order valence-electron chi connectivity index (χ2n) is 7.45. The van der Waals surface area contributed by atoms with Crippen LogP contribution in [0.25, 0.3) is 0 Å². The first-order chi connectivity index (χ1) is 12.7. The van der Waals surface area contributed by atoms with Crippen LogP contribution in [0.1, 0.15) is 42.9 Å². The number of fused-ring (bicyclic) bond motifs is 2. The second kappa shape index (κ2) is 9.25. The van der Waals surface area contributed by atoms with E-state index in [-0.39, 0.29) is 24.6 Å². The fraction of sp³-hybridized carbons (Fsp3) is 0.391. The highest BCUT2D eigenvalue weighted by molar-refractivity contribution is 6.30. The summed E-state index contributed by atoms with van der Waals surface area (Å²) < 4.78 is 6.71. The Morgan fingerprint density at radius 3 is 2.33 bits per heavy atom. The molecule has 0 aromatic heterocycles. The standard InChI is InChI=1S/C23H26ClNO.ClH/c1-2-13-25-20-11-12-21(25)16-22(15-20)26-23(17-7-4-3-5-8-17)18-9-6-10-19(24)14-18;/h2-10,14,20-23H,1,11-13,15-16H2;1H. The molecule has 0 amide bonds. The maximum atomic E-state index is 6.71. The summed E-state index contributed by atoms with van der Waals surface area (Å²) in [6.45, 7) is 4.92. The van der Waals surface area contributed by atoms with Crippen LogP contribution >= 0.6 is 24.0 Å². The third-order valence-corrected chi connectivity index (χ3v) is 6.00. The van der Waals surface area contributed by atoms with E-state index in [4.69, 9.17) is 16.3 Å². The van der Waals surface area contributed by atoms with Crippen molar-refractivity contribution < 1.29 is 4.74 Å². The molecule has 2 bridgehead atoms. The van der Waals surface area contributed by atoms with Gasteiger partial charge in [-0.05, 0) is 48.9 Å². The first-order valence-corrected chi connectivity index (χ1v) is 9.95. The molecule has 2 nitrogen and oxygen atoms in total. The summed E-state index contributed by atoms with van der Waals surface area (Å²) in [5, 5.41) is 0.757. The molecule has 144 valence electrons. The maximum absolute atomic E-state index is 6.71. The van der Waals surface area contributed by atoms with E-state index < -0.39 is 0 Å². The summed E-state index contributed by atoms with van der Waals surface area (Å²) in [5.41, 5.74) is 2.32. The van der Waals surface area contributed by atoms with Crippen molar-refractivity contribution in [3.05, 3.63) is 83.4 Å². The van der Waals surface area contributed by atoms with Gasteiger partial charge in [-0.15, -0.1) is 19.0 Å². The average Bonchev–Trinajstić information content (AvgIpc) is 2.89. The summed E-state index contributed by atoms with van der Waals surface area (Å²) in [6.07, 6.45) is 7.04. The van der Waals surface area contributed by atoms with Crippen molar-refractivity contribution in [2.24, 2.45) is 0 Å². The molecule has 0 saturated carbocycles. The van der Waals surface area contributed by atoms with Gasteiger partial charge in [0.15, 0.2) is 0 Å². The van der Waals surface area contributed by atoms with Crippen molar-refractivity contribution in [2.75, 3.05) is 6.54 Å².